The van der Waals surface area contributed by atoms with E-state index in [-0.39, 0.29) is 33.1 Å². The lowest BCUT2D eigenvalue weighted by Crippen LogP contribution is -2.26. The Hall–Kier alpha value is -5.07. The van der Waals surface area contributed by atoms with Crippen LogP contribution in [0.25, 0.3) is 22.9 Å². The van der Waals surface area contributed by atoms with Gasteiger partial charge in [0.1, 0.15) is 41.1 Å². The van der Waals surface area contributed by atoms with Crippen molar-refractivity contribution in [2.45, 2.75) is 12.4 Å². The minimum atomic E-state index is -4.80. The van der Waals surface area contributed by atoms with E-state index in [9.17, 15) is 49.8 Å². The average molecular weight is 770 g/mol. The van der Waals surface area contributed by atoms with Gasteiger partial charge < -0.3 is 9.84 Å². The minimum Gasteiger partial charge on any atom is -0.506 e. The summed E-state index contributed by atoms with van der Waals surface area (Å²) in [5.41, 5.74) is -5.62. The van der Waals surface area contributed by atoms with Crippen LogP contribution in [0.4, 0.5) is 35.1 Å². The van der Waals surface area contributed by atoms with E-state index in [1.807, 2.05) is 0 Å². The zero-order chi connectivity index (χ0) is 36.9. The number of halogens is 11. The largest absolute Gasteiger partial charge is 0.506 e. The molecule has 0 radical (unpaired) electrons. The van der Waals surface area contributed by atoms with Crippen LogP contribution in [0.1, 0.15) is 11.4 Å². The molecule has 10 nitrogen and oxygen atoms in total. The quantitative estimate of drug-likeness (QED) is 0.183. The highest BCUT2D eigenvalue weighted by Crippen LogP contribution is 2.34. The smallest absolute Gasteiger partial charge is 0.432 e. The first kappa shape index (κ1) is 36.2. The lowest BCUT2D eigenvalue weighted by molar-refractivity contribution is -0.143. The standard InChI is InChI=1S/C16H9Cl2F4N3O2.C13H6ClF4N3O2/c1-8(17)7-27-12-5-11(10(19)4-9(12)18)25-14(26)6-13(16(20,21)22)24-3-2-23-15(24)25;14-6-3-7(15)8(4-9(6)22)21-11(23)5-10(13(16,17)18)20-2-1-19-12(20)21/h2-6H,1,7H2;1-5,22H. The highest BCUT2D eigenvalue weighted by molar-refractivity contribution is 6.32. The van der Waals surface area contributed by atoms with Crippen LogP contribution in [0.2, 0.25) is 10.0 Å². The SMILES string of the molecule is C=C(Cl)COc1cc(-n2c(=O)cc(C(F)(F)F)n3ccnc23)c(F)cc1Cl.O=c1cc(C(F)(F)F)n2ccnc2n1-c1cc(O)c(Cl)cc1F. The third-order valence-corrected chi connectivity index (χ3v) is 7.29. The molecule has 4 heterocycles. The second-order valence-corrected chi connectivity index (χ2v) is 11.2. The van der Waals surface area contributed by atoms with Crippen molar-refractivity contribution in [2.24, 2.45) is 0 Å². The van der Waals surface area contributed by atoms with Gasteiger partial charge in [0, 0.05) is 54.1 Å². The lowest BCUT2D eigenvalue weighted by atomic mass is 10.2. The number of aromatic hydroxyl groups is 1. The molecule has 0 atom stereocenters. The fourth-order valence-electron chi connectivity index (χ4n) is 4.54. The Bertz CT molecular complexity index is 2420. The van der Waals surface area contributed by atoms with E-state index in [0.717, 1.165) is 49.1 Å². The first-order valence-electron chi connectivity index (χ1n) is 13.3. The highest BCUT2D eigenvalue weighted by atomic mass is 35.5. The van der Waals surface area contributed by atoms with E-state index in [4.69, 9.17) is 39.5 Å². The fourth-order valence-corrected chi connectivity index (χ4v) is 4.95. The number of phenols is 1. The van der Waals surface area contributed by atoms with Crippen molar-refractivity contribution in [3.05, 3.63) is 127 Å². The van der Waals surface area contributed by atoms with Crippen LogP contribution >= 0.6 is 34.8 Å². The van der Waals surface area contributed by atoms with E-state index in [2.05, 4.69) is 16.5 Å². The molecule has 21 heteroatoms. The molecular weight excluding hydrogens is 755 g/mol. The number of imidazole rings is 2. The molecule has 2 aromatic carbocycles. The van der Waals surface area contributed by atoms with E-state index >= 15 is 0 Å². The topological polar surface area (TPSA) is 108 Å². The molecule has 0 fully saturated rings. The van der Waals surface area contributed by atoms with Crippen molar-refractivity contribution in [2.75, 3.05) is 6.61 Å². The molecule has 6 aromatic rings. The van der Waals surface area contributed by atoms with Gasteiger partial charge in [-0.25, -0.2) is 27.9 Å². The molecule has 0 saturated carbocycles. The van der Waals surface area contributed by atoms with Gasteiger partial charge in [0.05, 0.1) is 21.4 Å². The minimum absolute atomic E-state index is 0.0358. The molecule has 1 N–H and O–H groups in total. The van der Waals surface area contributed by atoms with Crippen LogP contribution in [-0.4, -0.2) is 39.6 Å². The number of benzene rings is 2. The van der Waals surface area contributed by atoms with Crippen molar-refractivity contribution < 1.29 is 45.0 Å². The van der Waals surface area contributed by atoms with Crippen molar-refractivity contribution in [3.63, 3.8) is 0 Å². The van der Waals surface area contributed by atoms with Crippen LogP contribution in [0, 0.1) is 11.6 Å². The van der Waals surface area contributed by atoms with Crippen LogP contribution < -0.4 is 15.9 Å². The second kappa shape index (κ2) is 13.3. The number of aromatic nitrogens is 6. The maximum Gasteiger partial charge on any atom is 0.432 e. The monoisotopic (exact) mass is 768 g/mol. The van der Waals surface area contributed by atoms with Gasteiger partial charge in [-0.15, -0.1) is 0 Å². The van der Waals surface area contributed by atoms with Gasteiger partial charge in [0.2, 0.25) is 11.6 Å². The van der Waals surface area contributed by atoms with Gasteiger partial charge in [0.25, 0.3) is 11.1 Å². The molecule has 0 aliphatic rings. The normalized spacial score (nSPS) is 11.9. The predicted molar refractivity (Wildman–Crippen MR) is 164 cm³/mol. The summed E-state index contributed by atoms with van der Waals surface area (Å²) < 4.78 is 115. The van der Waals surface area contributed by atoms with Crippen LogP contribution in [0.5, 0.6) is 11.5 Å². The summed E-state index contributed by atoms with van der Waals surface area (Å²) in [5.74, 6) is -3.40. The van der Waals surface area contributed by atoms with E-state index in [0.29, 0.717) is 30.1 Å². The number of alkyl halides is 6. The van der Waals surface area contributed by atoms with E-state index in [1.165, 1.54) is 0 Å². The summed E-state index contributed by atoms with van der Waals surface area (Å²) in [4.78, 5) is 31.8. The van der Waals surface area contributed by atoms with Crippen molar-refractivity contribution >= 4 is 46.4 Å². The van der Waals surface area contributed by atoms with Crippen molar-refractivity contribution in [1.82, 2.24) is 27.9 Å². The maximum atomic E-state index is 14.5. The van der Waals surface area contributed by atoms with Crippen molar-refractivity contribution in [3.8, 4) is 22.9 Å². The first-order chi connectivity index (χ1) is 23.3. The Morgan fingerprint density at radius 3 is 1.64 bits per heavy atom. The molecule has 4 aromatic heterocycles. The molecule has 0 unspecified atom stereocenters. The van der Waals surface area contributed by atoms with Gasteiger partial charge in [-0.2, -0.15) is 26.3 Å². The number of ether oxygens (including phenoxy) is 1. The summed E-state index contributed by atoms with van der Waals surface area (Å²) in [7, 11) is 0. The van der Waals surface area contributed by atoms with Gasteiger partial charge in [0.15, 0.2) is 0 Å². The first-order valence-corrected chi connectivity index (χ1v) is 14.4. The van der Waals surface area contributed by atoms with E-state index < -0.39 is 69.5 Å². The van der Waals surface area contributed by atoms with Crippen LogP contribution in [0.15, 0.2) is 82.4 Å². The average Bonchev–Trinajstić information content (AvgIpc) is 3.68. The lowest BCUT2D eigenvalue weighted by Gasteiger charge is -2.15. The Kier molecular flexibility index (Phi) is 9.66. The fraction of sp³-hybridized carbons (Fsp3) is 0.103. The summed E-state index contributed by atoms with van der Waals surface area (Å²) in [6, 6.07) is 4.19. The number of hydrogen-bond acceptors (Lipinski definition) is 6. The zero-order valence-corrected chi connectivity index (χ0v) is 26.5. The van der Waals surface area contributed by atoms with Crippen LogP contribution in [0.3, 0.4) is 0 Å². The Morgan fingerprint density at radius 2 is 1.20 bits per heavy atom. The number of phenolic OH excluding ortho intramolecular Hbond substituents is 1. The van der Waals surface area contributed by atoms with Gasteiger partial charge in [-0.1, -0.05) is 41.4 Å². The summed E-state index contributed by atoms with van der Waals surface area (Å²) in [5, 5.41) is 9.28. The summed E-state index contributed by atoms with van der Waals surface area (Å²) in [6.45, 7) is 3.28. The third kappa shape index (κ3) is 6.99. The van der Waals surface area contributed by atoms with Gasteiger partial charge >= 0.3 is 12.4 Å². The number of rotatable bonds is 5. The maximum absolute atomic E-state index is 14.5. The Balaban J connectivity index is 0.000000197. The molecule has 0 bridgehead atoms. The number of nitrogens with zero attached hydrogens (tertiary/aromatic N) is 6. The molecule has 0 amide bonds. The third-order valence-electron chi connectivity index (χ3n) is 6.59. The molecule has 262 valence electrons. The summed E-state index contributed by atoms with van der Waals surface area (Å²) in [6.07, 6.45) is -5.50. The molecule has 0 aliphatic carbocycles. The molecule has 0 saturated heterocycles. The summed E-state index contributed by atoms with van der Waals surface area (Å²) >= 11 is 17.1. The van der Waals surface area contributed by atoms with Gasteiger partial charge in [-0.05, 0) is 12.1 Å². The predicted octanol–water partition coefficient (Wildman–Crippen LogP) is 7.43. The molecule has 0 aliphatic heterocycles. The molecular formula is C29H15Cl3F8N6O4. The molecule has 6 rings (SSSR count). The number of fused-ring (bicyclic) bond motifs is 2. The highest BCUT2D eigenvalue weighted by Gasteiger charge is 2.36. The van der Waals surface area contributed by atoms with Crippen molar-refractivity contribution in [1.29, 1.82) is 0 Å². The zero-order valence-electron chi connectivity index (χ0n) is 24.2. The molecule has 50 heavy (non-hydrogen) atoms. The Morgan fingerprint density at radius 1 is 0.760 bits per heavy atom. The number of hydrogen-bond donors (Lipinski definition) is 1. The Labute approximate surface area is 287 Å². The van der Waals surface area contributed by atoms with Gasteiger partial charge in [-0.3, -0.25) is 18.4 Å². The van der Waals surface area contributed by atoms with Crippen LogP contribution in [-0.2, 0) is 12.4 Å². The van der Waals surface area contributed by atoms with E-state index in [1.54, 1.807) is 0 Å². The molecule has 0 spiro atoms. The second-order valence-electron chi connectivity index (χ2n) is 9.89.